The van der Waals surface area contributed by atoms with Gasteiger partial charge in [0.1, 0.15) is 5.69 Å². The highest BCUT2D eigenvalue weighted by Gasteiger charge is 2.19. The zero-order valence-electron chi connectivity index (χ0n) is 12.2. The lowest BCUT2D eigenvalue weighted by Crippen LogP contribution is -2.39. The number of nitrogens with one attached hydrogen (secondary N) is 3. The fourth-order valence-electron chi connectivity index (χ4n) is 1.53. The van der Waals surface area contributed by atoms with Gasteiger partial charge in [0.2, 0.25) is 10.0 Å². The molecule has 0 saturated heterocycles. The molecule has 128 valence electrons. The number of nitrogens with zero attached hydrogens (tertiary/aromatic N) is 1. The van der Waals surface area contributed by atoms with E-state index in [1.807, 2.05) is 0 Å². The minimum Gasteiger partial charge on any atom is -0.385 e. The lowest BCUT2D eigenvalue weighted by molar-refractivity contribution is -0.384. The van der Waals surface area contributed by atoms with Crippen LogP contribution in [-0.4, -0.2) is 38.7 Å². The Morgan fingerprint density at radius 2 is 2.17 bits per heavy atom. The van der Waals surface area contributed by atoms with Crippen LogP contribution in [0.2, 0.25) is 0 Å². The molecule has 10 nitrogen and oxygen atoms in total. The third-order valence-corrected chi connectivity index (χ3v) is 3.77. The van der Waals surface area contributed by atoms with Crippen LogP contribution in [0, 0.1) is 10.1 Å². The summed E-state index contributed by atoms with van der Waals surface area (Å²) in [5.41, 5.74) is 4.72. The highest BCUT2D eigenvalue weighted by molar-refractivity contribution is 7.89. The maximum absolute atomic E-state index is 11.2. The molecule has 0 amide bonds. The summed E-state index contributed by atoms with van der Waals surface area (Å²) in [5.74, 6) is 0. The van der Waals surface area contributed by atoms with E-state index < -0.39 is 20.6 Å². The zero-order chi connectivity index (χ0) is 17.5. The van der Waals surface area contributed by atoms with Crippen molar-refractivity contribution in [1.82, 2.24) is 10.7 Å². The van der Waals surface area contributed by atoms with Crippen LogP contribution in [-0.2, 0) is 14.8 Å². The first-order chi connectivity index (χ1) is 10.8. The highest BCUT2D eigenvalue weighted by Crippen LogP contribution is 2.26. The fourth-order valence-corrected chi connectivity index (χ4v) is 2.22. The minimum atomic E-state index is -4.03. The highest BCUT2D eigenvalue weighted by atomic mass is 32.2. The first kappa shape index (κ1) is 19.0. The number of hydrazine groups is 1. The number of benzene rings is 1. The quantitative estimate of drug-likeness (QED) is 0.218. The molecule has 1 rings (SSSR count). The smallest absolute Gasteiger partial charge is 0.295 e. The van der Waals surface area contributed by atoms with Crippen molar-refractivity contribution < 1.29 is 18.1 Å². The third kappa shape index (κ3) is 6.32. The predicted octanol–water partition coefficient (Wildman–Crippen LogP) is 0.0697. The Hall–Kier alpha value is -2.02. The second-order valence-corrected chi connectivity index (χ2v) is 6.30. The first-order valence-electron chi connectivity index (χ1n) is 6.35. The van der Waals surface area contributed by atoms with Crippen LogP contribution in [0.15, 0.2) is 23.1 Å². The SMILES string of the molecule is COCCCNC(=S)NNc1ccc(S(N)(=O)=O)cc1[N+](=O)[O-]. The number of methoxy groups -OCH3 is 1. The molecule has 0 bridgehead atoms. The maximum atomic E-state index is 11.2. The molecule has 0 heterocycles. The molecular weight excluding hydrogens is 346 g/mol. The van der Waals surface area contributed by atoms with Gasteiger partial charge in [-0.2, -0.15) is 0 Å². The van der Waals surface area contributed by atoms with Crippen LogP contribution in [0.1, 0.15) is 6.42 Å². The van der Waals surface area contributed by atoms with Gasteiger partial charge < -0.3 is 10.1 Å². The van der Waals surface area contributed by atoms with Gasteiger partial charge in [0, 0.05) is 26.3 Å². The van der Waals surface area contributed by atoms with E-state index in [2.05, 4.69) is 16.2 Å². The molecule has 0 spiro atoms. The van der Waals surface area contributed by atoms with Crippen molar-refractivity contribution >= 4 is 38.7 Å². The largest absolute Gasteiger partial charge is 0.385 e. The number of ether oxygens (including phenoxy) is 1. The number of nitrogens with two attached hydrogens (primary N) is 1. The van der Waals surface area contributed by atoms with E-state index in [0.717, 1.165) is 18.6 Å². The Balaban J connectivity index is 2.73. The van der Waals surface area contributed by atoms with E-state index in [0.29, 0.717) is 13.2 Å². The second-order valence-electron chi connectivity index (χ2n) is 4.33. The van der Waals surface area contributed by atoms with Gasteiger partial charge in [-0.15, -0.1) is 0 Å². The molecule has 0 fully saturated rings. The fraction of sp³-hybridized carbons (Fsp3) is 0.364. The standard InChI is InChI=1S/C11H17N5O5S2/c1-21-6-2-5-13-11(22)15-14-9-4-3-8(23(12,19)20)7-10(9)16(17)18/h3-4,7,14H,2,5-6H2,1H3,(H2,12,19,20)(H2,13,15,22). The van der Waals surface area contributed by atoms with Crippen LogP contribution >= 0.6 is 12.2 Å². The lowest BCUT2D eigenvalue weighted by atomic mass is 10.3. The number of anilines is 1. The molecule has 1 aromatic rings. The van der Waals surface area contributed by atoms with Crippen molar-refractivity contribution in [3.05, 3.63) is 28.3 Å². The van der Waals surface area contributed by atoms with E-state index >= 15 is 0 Å². The van der Waals surface area contributed by atoms with Gasteiger partial charge in [-0.1, -0.05) is 0 Å². The van der Waals surface area contributed by atoms with Crippen molar-refractivity contribution in [2.75, 3.05) is 25.7 Å². The van der Waals surface area contributed by atoms with Crippen LogP contribution < -0.4 is 21.3 Å². The summed E-state index contributed by atoms with van der Waals surface area (Å²) in [5, 5.41) is 19.1. The average molecular weight is 363 g/mol. The topological polar surface area (TPSA) is 149 Å². The molecule has 0 aliphatic heterocycles. The summed E-state index contributed by atoms with van der Waals surface area (Å²) < 4.78 is 27.3. The van der Waals surface area contributed by atoms with Gasteiger partial charge in [0.25, 0.3) is 5.69 Å². The Kier molecular flexibility index (Phi) is 7.09. The minimum absolute atomic E-state index is 0.0449. The molecule has 1 aromatic carbocycles. The van der Waals surface area contributed by atoms with Crippen molar-refractivity contribution in [1.29, 1.82) is 0 Å². The number of hydrogen-bond acceptors (Lipinski definition) is 7. The Bertz CT molecular complexity index is 679. The van der Waals surface area contributed by atoms with E-state index in [9.17, 15) is 18.5 Å². The van der Waals surface area contributed by atoms with Crippen molar-refractivity contribution in [3.63, 3.8) is 0 Å². The van der Waals surface area contributed by atoms with Gasteiger partial charge >= 0.3 is 0 Å². The molecule has 0 atom stereocenters. The van der Waals surface area contributed by atoms with Crippen LogP contribution in [0.3, 0.4) is 0 Å². The van der Waals surface area contributed by atoms with E-state index in [1.54, 1.807) is 7.11 Å². The van der Waals surface area contributed by atoms with Crippen LogP contribution in [0.4, 0.5) is 11.4 Å². The lowest BCUT2D eigenvalue weighted by Gasteiger charge is -2.12. The monoisotopic (exact) mass is 363 g/mol. The Morgan fingerprint density at radius 1 is 1.48 bits per heavy atom. The Labute approximate surface area is 138 Å². The summed E-state index contributed by atoms with van der Waals surface area (Å²) in [4.78, 5) is 9.95. The molecule has 0 saturated carbocycles. The summed E-state index contributed by atoms with van der Waals surface area (Å²) in [6.45, 7) is 1.14. The molecule has 23 heavy (non-hydrogen) atoms. The number of rotatable bonds is 8. The molecule has 0 unspecified atom stereocenters. The maximum Gasteiger partial charge on any atom is 0.295 e. The molecule has 0 aliphatic rings. The molecule has 5 N–H and O–H groups in total. The normalized spacial score (nSPS) is 10.9. The van der Waals surface area contributed by atoms with E-state index in [1.165, 1.54) is 6.07 Å². The number of primary sulfonamides is 1. The predicted molar refractivity (Wildman–Crippen MR) is 88.3 cm³/mol. The summed E-state index contributed by atoms with van der Waals surface area (Å²) >= 11 is 4.99. The molecular formula is C11H17N5O5S2. The van der Waals surface area contributed by atoms with Crippen LogP contribution in [0.25, 0.3) is 0 Å². The van der Waals surface area contributed by atoms with E-state index in [-0.39, 0.29) is 15.7 Å². The first-order valence-corrected chi connectivity index (χ1v) is 8.31. The van der Waals surface area contributed by atoms with Gasteiger partial charge in [0.15, 0.2) is 5.11 Å². The average Bonchev–Trinajstić information content (AvgIpc) is 2.48. The van der Waals surface area contributed by atoms with Gasteiger partial charge in [-0.3, -0.25) is 21.0 Å². The molecule has 0 aromatic heterocycles. The number of nitro groups is 1. The van der Waals surface area contributed by atoms with Crippen molar-refractivity contribution in [2.45, 2.75) is 11.3 Å². The number of sulfonamides is 1. The number of nitro benzene ring substituents is 1. The number of thiocarbonyl (C=S) groups is 1. The molecule has 0 aliphatic carbocycles. The van der Waals surface area contributed by atoms with Crippen molar-refractivity contribution in [2.24, 2.45) is 5.14 Å². The second kappa shape index (κ2) is 8.57. The summed E-state index contributed by atoms with van der Waals surface area (Å²) in [6, 6.07) is 3.24. The molecule has 0 radical (unpaired) electrons. The molecule has 12 heteroatoms. The summed E-state index contributed by atoms with van der Waals surface area (Å²) in [6.07, 6.45) is 0.738. The van der Waals surface area contributed by atoms with Gasteiger partial charge in [-0.05, 0) is 30.8 Å². The summed E-state index contributed by atoms with van der Waals surface area (Å²) in [7, 11) is -2.44. The van der Waals surface area contributed by atoms with Gasteiger partial charge in [-0.25, -0.2) is 13.6 Å². The zero-order valence-corrected chi connectivity index (χ0v) is 13.9. The van der Waals surface area contributed by atoms with Gasteiger partial charge in [0.05, 0.1) is 9.82 Å². The van der Waals surface area contributed by atoms with Crippen molar-refractivity contribution in [3.8, 4) is 0 Å². The Morgan fingerprint density at radius 3 is 2.74 bits per heavy atom. The van der Waals surface area contributed by atoms with Crippen LogP contribution in [0.5, 0.6) is 0 Å². The third-order valence-electron chi connectivity index (χ3n) is 2.62. The van der Waals surface area contributed by atoms with E-state index in [4.69, 9.17) is 22.1 Å². The number of hydrogen-bond donors (Lipinski definition) is 4.